The molecule has 3 aliphatic rings. The third-order valence-electron chi connectivity index (χ3n) is 7.72. The molecule has 1 saturated carbocycles. The number of nitrogens with zero attached hydrogens (tertiary/aromatic N) is 1. The van der Waals surface area contributed by atoms with Crippen LogP contribution in [-0.2, 0) is 30.0 Å². The van der Waals surface area contributed by atoms with Gasteiger partial charge in [0.25, 0.3) is 0 Å². The molecule has 0 bridgehead atoms. The van der Waals surface area contributed by atoms with Crippen molar-refractivity contribution in [3.8, 4) is 0 Å². The number of ether oxygens (including phenoxy) is 1. The summed E-state index contributed by atoms with van der Waals surface area (Å²) < 4.78 is 60.9. The first-order chi connectivity index (χ1) is 15.8. The number of sulfone groups is 1. The Morgan fingerprint density at radius 1 is 0.970 bits per heavy atom. The van der Waals surface area contributed by atoms with Gasteiger partial charge in [-0.2, -0.15) is 0 Å². The van der Waals surface area contributed by atoms with Crippen molar-refractivity contribution in [3.05, 3.63) is 53.6 Å². The van der Waals surface area contributed by atoms with E-state index in [1.807, 2.05) is 12.1 Å². The lowest BCUT2D eigenvalue weighted by atomic mass is 9.65. The van der Waals surface area contributed by atoms with Crippen LogP contribution < -0.4 is 0 Å². The molecule has 2 fully saturated rings. The molecule has 178 valence electrons. The fourth-order valence-electron chi connectivity index (χ4n) is 5.91. The normalized spacial score (nSPS) is 22.1. The topological polar surface area (TPSA) is 80.8 Å². The van der Waals surface area contributed by atoms with E-state index in [-0.39, 0.29) is 21.1 Å². The van der Waals surface area contributed by atoms with Gasteiger partial charge in [0.2, 0.25) is 19.9 Å². The molecule has 5 rings (SSSR count). The standard InChI is InChI=1S/C25H31NO5S2/c1-26(18-19-11-15-31-16-12-19)33(29,30)20-9-10-22-24(17-20)32(27,28)23-8-4-3-7-21(23)25(22)13-5-2-6-14-25/h3-4,7-10,17,19H,2,5-6,11-16,18H2,1H3. The van der Waals surface area contributed by atoms with E-state index in [1.165, 1.54) is 10.4 Å². The lowest BCUT2D eigenvalue weighted by molar-refractivity contribution is 0.0620. The van der Waals surface area contributed by atoms with Crippen LogP contribution in [0.1, 0.15) is 56.1 Å². The minimum Gasteiger partial charge on any atom is -0.381 e. The molecule has 0 atom stereocenters. The van der Waals surface area contributed by atoms with E-state index in [1.54, 1.807) is 31.3 Å². The van der Waals surface area contributed by atoms with E-state index < -0.39 is 19.9 Å². The van der Waals surface area contributed by atoms with Crippen molar-refractivity contribution < 1.29 is 21.6 Å². The summed E-state index contributed by atoms with van der Waals surface area (Å²) in [6, 6.07) is 12.0. The summed E-state index contributed by atoms with van der Waals surface area (Å²) in [5, 5.41) is 0. The van der Waals surface area contributed by atoms with Crippen molar-refractivity contribution in [2.24, 2.45) is 5.92 Å². The van der Waals surface area contributed by atoms with Gasteiger partial charge in [0.15, 0.2) is 0 Å². The molecule has 2 aromatic carbocycles. The van der Waals surface area contributed by atoms with Crippen LogP contribution >= 0.6 is 0 Å². The summed E-state index contributed by atoms with van der Waals surface area (Å²) in [4.78, 5) is 0.526. The van der Waals surface area contributed by atoms with Gasteiger partial charge >= 0.3 is 0 Å². The van der Waals surface area contributed by atoms with Gasteiger partial charge in [-0.15, -0.1) is 0 Å². The smallest absolute Gasteiger partial charge is 0.242 e. The van der Waals surface area contributed by atoms with Gasteiger partial charge < -0.3 is 4.74 Å². The summed E-state index contributed by atoms with van der Waals surface area (Å²) >= 11 is 0. The van der Waals surface area contributed by atoms with Crippen LogP contribution in [0.2, 0.25) is 0 Å². The molecule has 33 heavy (non-hydrogen) atoms. The van der Waals surface area contributed by atoms with Crippen LogP contribution in [0.5, 0.6) is 0 Å². The Bertz CT molecular complexity index is 1260. The molecular formula is C25H31NO5S2. The third kappa shape index (κ3) is 3.75. The maximum absolute atomic E-state index is 13.7. The van der Waals surface area contributed by atoms with Gasteiger partial charge in [0, 0.05) is 32.2 Å². The highest BCUT2D eigenvalue weighted by molar-refractivity contribution is 7.92. The molecule has 2 aromatic rings. The second-order valence-corrected chi connectivity index (χ2v) is 13.6. The van der Waals surface area contributed by atoms with E-state index in [4.69, 9.17) is 4.74 Å². The molecule has 0 aromatic heterocycles. The highest BCUT2D eigenvalue weighted by Gasteiger charge is 2.47. The summed E-state index contributed by atoms with van der Waals surface area (Å²) in [7, 11) is -6.05. The van der Waals surface area contributed by atoms with E-state index in [0.717, 1.165) is 56.1 Å². The van der Waals surface area contributed by atoms with Crippen molar-refractivity contribution in [1.82, 2.24) is 4.31 Å². The van der Waals surface area contributed by atoms with E-state index in [9.17, 15) is 16.8 Å². The molecule has 0 radical (unpaired) electrons. The number of hydrogen-bond acceptors (Lipinski definition) is 5. The maximum atomic E-state index is 13.7. The van der Waals surface area contributed by atoms with Gasteiger partial charge in [0.05, 0.1) is 14.7 Å². The molecule has 8 heteroatoms. The Hall–Kier alpha value is -1.74. The van der Waals surface area contributed by atoms with Gasteiger partial charge in [-0.05, 0) is 60.9 Å². The molecule has 1 saturated heterocycles. The Kier molecular flexibility index (Phi) is 5.92. The van der Waals surface area contributed by atoms with Gasteiger partial charge in [0.1, 0.15) is 0 Å². The molecule has 1 spiro atoms. The summed E-state index contributed by atoms with van der Waals surface area (Å²) in [5.41, 5.74) is 1.25. The average molecular weight is 490 g/mol. The second kappa shape index (κ2) is 8.48. The van der Waals surface area contributed by atoms with E-state index in [0.29, 0.717) is 24.7 Å². The largest absolute Gasteiger partial charge is 0.381 e. The molecule has 1 aliphatic carbocycles. The maximum Gasteiger partial charge on any atom is 0.242 e. The Morgan fingerprint density at radius 2 is 1.64 bits per heavy atom. The van der Waals surface area contributed by atoms with Crippen LogP contribution in [-0.4, -0.2) is 47.9 Å². The van der Waals surface area contributed by atoms with Crippen LogP contribution in [0.3, 0.4) is 0 Å². The molecule has 0 amide bonds. The predicted octanol–water partition coefficient (Wildman–Crippen LogP) is 4.13. The molecular weight excluding hydrogens is 458 g/mol. The number of benzene rings is 2. The van der Waals surface area contributed by atoms with Crippen LogP contribution in [0.4, 0.5) is 0 Å². The fraction of sp³-hybridized carbons (Fsp3) is 0.520. The van der Waals surface area contributed by atoms with Crippen molar-refractivity contribution in [1.29, 1.82) is 0 Å². The number of hydrogen-bond donors (Lipinski definition) is 0. The number of rotatable bonds is 4. The zero-order valence-corrected chi connectivity index (χ0v) is 20.6. The summed E-state index contributed by atoms with van der Waals surface area (Å²) in [6.45, 7) is 1.70. The first-order valence-corrected chi connectivity index (χ1v) is 14.7. The Labute approximate surface area is 196 Å². The van der Waals surface area contributed by atoms with Crippen LogP contribution in [0.25, 0.3) is 0 Å². The highest BCUT2D eigenvalue weighted by atomic mass is 32.2. The number of fused-ring (bicyclic) bond motifs is 4. The van der Waals surface area contributed by atoms with E-state index >= 15 is 0 Å². The molecule has 0 N–H and O–H groups in total. The van der Waals surface area contributed by atoms with Crippen molar-refractivity contribution in [3.63, 3.8) is 0 Å². The second-order valence-electron chi connectivity index (χ2n) is 9.64. The first-order valence-electron chi connectivity index (χ1n) is 11.8. The minimum atomic E-state index is -3.81. The van der Waals surface area contributed by atoms with Gasteiger partial charge in [-0.25, -0.2) is 21.1 Å². The Morgan fingerprint density at radius 3 is 2.36 bits per heavy atom. The first kappa shape index (κ1) is 23.0. The lowest BCUT2D eigenvalue weighted by Crippen LogP contribution is -2.37. The molecule has 0 unspecified atom stereocenters. The zero-order chi connectivity index (χ0) is 23.3. The lowest BCUT2D eigenvalue weighted by Gasteiger charge is -2.43. The molecule has 2 heterocycles. The quantitative estimate of drug-likeness (QED) is 0.645. The van der Waals surface area contributed by atoms with Crippen LogP contribution in [0.15, 0.2) is 57.2 Å². The molecule has 2 aliphatic heterocycles. The average Bonchev–Trinajstić information content (AvgIpc) is 2.84. The SMILES string of the molecule is CN(CC1CCOCC1)S(=O)(=O)c1ccc2c(c1)S(=O)(=O)c1ccccc1C21CCCCC1. The van der Waals surface area contributed by atoms with Crippen molar-refractivity contribution in [2.75, 3.05) is 26.8 Å². The third-order valence-corrected chi connectivity index (χ3v) is 11.4. The zero-order valence-electron chi connectivity index (χ0n) is 19.0. The van der Waals surface area contributed by atoms with Gasteiger partial charge in [-0.1, -0.05) is 43.5 Å². The molecule has 6 nitrogen and oxygen atoms in total. The Balaban J connectivity index is 1.59. The van der Waals surface area contributed by atoms with Crippen molar-refractivity contribution >= 4 is 19.9 Å². The minimum absolute atomic E-state index is 0.0460. The van der Waals surface area contributed by atoms with Crippen LogP contribution in [0, 0.1) is 5.92 Å². The van der Waals surface area contributed by atoms with Crippen molar-refractivity contribution in [2.45, 2.75) is 65.0 Å². The highest BCUT2D eigenvalue weighted by Crippen LogP contribution is 2.53. The summed E-state index contributed by atoms with van der Waals surface area (Å²) in [5.74, 6) is 0.247. The predicted molar refractivity (Wildman–Crippen MR) is 126 cm³/mol. The van der Waals surface area contributed by atoms with Gasteiger partial charge in [-0.3, -0.25) is 0 Å². The van der Waals surface area contributed by atoms with E-state index in [2.05, 4.69) is 0 Å². The summed E-state index contributed by atoms with van der Waals surface area (Å²) in [6.07, 6.45) is 6.61. The monoisotopic (exact) mass is 489 g/mol. The number of sulfonamides is 1. The fourth-order valence-corrected chi connectivity index (χ4v) is 9.14.